The summed E-state index contributed by atoms with van der Waals surface area (Å²) in [6.45, 7) is 6.14. The Morgan fingerprint density at radius 1 is 1.20 bits per heavy atom. The van der Waals surface area contributed by atoms with E-state index in [4.69, 9.17) is 0 Å². The van der Waals surface area contributed by atoms with Crippen molar-refractivity contribution in [3.63, 3.8) is 0 Å². The van der Waals surface area contributed by atoms with Crippen molar-refractivity contribution >= 4 is 17.6 Å². The Kier molecular flexibility index (Phi) is 4.55. The second-order valence-electron chi connectivity index (χ2n) is 5.10. The number of carbonyl (C=O) groups excluding carboxylic acids is 2. The molecule has 0 atom stereocenters. The van der Waals surface area contributed by atoms with Gasteiger partial charge in [0.1, 0.15) is 5.82 Å². The zero-order chi connectivity index (χ0) is 14.5. The van der Waals surface area contributed by atoms with E-state index < -0.39 is 11.8 Å². The molecule has 0 aliphatic carbocycles. The molecule has 2 heterocycles. The predicted molar refractivity (Wildman–Crippen MR) is 76.3 cm³/mol. The van der Waals surface area contributed by atoms with Crippen LogP contribution in [-0.4, -0.2) is 53.9 Å². The van der Waals surface area contributed by atoms with E-state index in [0.29, 0.717) is 26.2 Å². The van der Waals surface area contributed by atoms with E-state index in [-0.39, 0.29) is 6.04 Å². The summed E-state index contributed by atoms with van der Waals surface area (Å²) in [4.78, 5) is 31.6. The van der Waals surface area contributed by atoms with E-state index in [9.17, 15) is 9.59 Å². The molecule has 1 aromatic rings. The molecule has 1 saturated heterocycles. The van der Waals surface area contributed by atoms with Crippen molar-refractivity contribution in [1.29, 1.82) is 0 Å². The number of hydrogen-bond acceptors (Lipinski definition) is 4. The zero-order valence-electron chi connectivity index (χ0n) is 11.9. The van der Waals surface area contributed by atoms with Gasteiger partial charge in [0.25, 0.3) is 0 Å². The molecule has 1 aliphatic heterocycles. The van der Waals surface area contributed by atoms with Crippen LogP contribution < -0.4 is 10.2 Å². The van der Waals surface area contributed by atoms with Crippen LogP contribution in [-0.2, 0) is 9.59 Å². The van der Waals surface area contributed by atoms with Gasteiger partial charge in [-0.3, -0.25) is 9.59 Å². The summed E-state index contributed by atoms with van der Waals surface area (Å²) in [5.41, 5.74) is 0. The minimum Gasteiger partial charge on any atom is -0.353 e. The first-order valence-electron chi connectivity index (χ1n) is 6.83. The third kappa shape index (κ3) is 3.46. The summed E-state index contributed by atoms with van der Waals surface area (Å²) >= 11 is 0. The van der Waals surface area contributed by atoms with Gasteiger partial charge in [-0.2, -0.15) is 0 Å². The number of amides is 2. The molecule has 6 nitrogen and oxygen atoms in total. The largest absolute Gasteiger partial charge is 0.353 e. The SMILES string of the molecule is CC(C)NC(=O)C(=O)N1CCN(c2ccccn2)CC1. The highest BCUT2D eigenvalue weighted by molar-refractivity contribution is 6.35. The average Bonchev–Trinajstić information content (AvgIpc) is 2.47. The first kappa shape index (κ1) is 14.3. The molecule has 108 valence electrons. The first-order valence-corrected chi connectivity index (χ1v) is 6.83. The third-order valence-corrected chi connectivity index (χ3v) is 3.15. The van der Waals surface area contributed by atoms with Crippen LogP contribution in [0.3, 0.4) is 0 Å². The Hall–Kier alpha value is -2.11. The van der Waals surface area contributed by atoms with Crippen molar-refractivity contribution in [3.05, 3.63) is 24.4 Å². The molecule has 2 amide bonds. The van der Waals surface area contributed by atoms with Gasteiger partial charge >= 0.3 is 11.8 Å². The number of pyridine rings is 1. The topological polar surface area (TPSA) is 65.5 Å². The molecule has 6 heteroatoms. The summed E-state index contributed by atoms with van der Waals surface area (Å²) < 4.78 is 0. The average molecular weight is 276 g/mol. The molecule has 0 aromatic carbocycles. The molecule has 1 aromatic heterocycles. The van der Waals surface area contributed by atoms with Crippen LogP contribution in [0.25, 0.3) is 0 Å². The fourth-order valence-electron chi connectivity index (χ4n) is 2.15. The molecular formula is C14H20N4O2. The Labute approximate surface area is 118 Å². The molecule has 20 heavy (non-hydrogen) atoms. The van der Waals surface area contributed by atoms with Crippen LogP contribution >= 0.6 is 0 Å². The second kappa shape index (κ2) is 6.36. The number of nitrogens with zero attached hydrogens (tertiary/aromatic N) is 3. The molecule has 0 saturated carbocycles. The lowest BCUT2D eigenvalue weighted by atomic mass is 10.3. The van der Waals surface area contributed by atoms with Crippen LogP contribution in [0.5, 0.6) is 0 Å². The summed E-state index contributed by atoms with van der Waals surface area (Å²) in [7, 11) is 0. The van der Waals surface area contributed by atoms with Gasteiger partial charge in [0.2, 0.25) is 0 Å². The van der Waals surface area contributed by atoms with E-state index in [1.807, 2.05) is 32.0 Å². The van der Waals surface area contributed by atoms with Gasteiger partial charge in [-0.15, -0.1) is 0 Å². The fourth-order valence-corrected chi connectivity index (χ4v) is 2.15. The van der Waals surface area contributed by atoms with E-state index in [1.54, 1.807) is 11.1 Å². The highest BCUT2D eigenvalue weighted by atomic mass is 16.2. The minimum absolute atomic E-state index is 0.0266. The van der Waals surface area contributed by atoms with Crippen molar-refractivity contribution in [2.75, 3.05) is 31.1 Å². The van der Waals surface area contributed by atoms with E-state index in [2.05, 4.69) is 15.2 Å². The monoisotopic (exact) mass is 276 g/mol. The summed E-state index contributed by atoms with van der Waals surface area (Å²) in [6.07, 6.45) is 1.75. The second-order valence-corrected chi connectivity index (χ2v) is 5.10. The highest BCUT2D eigenvalue weighted by Crippen LogP contribution is 2.12. The molecular weight excluding hydrogens is 256 g/mol. The standard InChI is InChI=1S/C14H20N4O2/c1-11(2)16-13(19)14(20)18-9-7-17(8-10-18)12-5-3-4-6-15-12/h3-6,11H,7-10H2,1-2H3,(H,16,19). The molecule has 1 N–H and O–H groups in total. The Morgan fingerprint density at radius 2 is 1.90 bits per heavy atom. The Bertz CT molecular complexity index is 467. The molecule has 2 rings (SSSR count). The molecule has 0 bridgehead atoms. The van der Waals surface area contributed by atoms with E-state index in [0.717, 1.165) is 5.82 Å². The number of aromatic nitrogens is 1. The number of nitrogens with one attached hydrogen (secondary N) is 1. The summed E-state index contributed by atoms with van der Waals surface area (Å²) in [5.74, 6) is -0.0584. The lowest BCUT2D eigenvalue weighted by molar-refractivity contribution is -0.146. The van der Waals surface area contributed by atoms with Gasteiger partial charge in [-0.1, -0.05) is 6.07 Å². The lowest BCUT2D eigenvalue weighted by Gasteiger charge is -2.35. The number of hydrogen-bond donors (Lipinski definition) is 1. The number of carbonyl (C=O) groups is 2. The van der Waals surface area contributed by atoms with E-state index >= 15 is 0 Å². The lowest BCUT2D eigenvalue weighted by Crippen LogP contribution is -2.53. The van der Waals surface area contributed by atoms with Gasteiger partial charge in [0.05, 0.1) is 0 Å². The van der Waals surface area contributed by atoms with Gasteiger partial charge in [-0.25, -0.2) is 4.98 Å². The van der Waals surface area contributed by atoms with Crippen molar-refractivity contribution in [2.24, 2.45) is 0 Å². The van der Waals surface area contributed by atoms with Gasteiger partial charge in [-0.05, 0) is 26.0 Å². The Balaban J connectivity index is 1.88. The number of piperazine rings is 1. The zero-order valence-corrected chi connectivity index (χ0v) is 11.9. The van der Waals surface area contributed by atoms with Crippen molar-refractivity contribution in [2.45, 2.75) is 19.9 Å². The number of rotatable bonds is 2. The Morgan fingerprint density at radius 3 is 2.45 bits per heavy atom. The number of anilines is 1. The molecule has 0 radical (unpaired) electrons. The minimum atomic E-state index is -0.522. The predicted octanol–water partition coefficient (Wildman–Crippen LogP) is 0.255. The van der Waals surface area contributed by atoms with Crippen molar-refractivity contribution in [1.82, 2.24) is 15.2 Å². The van der Waals surface area contributed by atoms with Gasteiger partial charge < -0.3 is 15.1 Å². The maximum Gasteiger partial charge on any atom is 0.312 e. The first-order chi connectivity index (χ1) is 9.58. The molecule has 0 spiro atoms. The van der Waals surface area contributed by atoms with Gasteiger partial charge in [0, 0.05) is 38.4 Å². The molecule has 1 fully saturated rings. The maximum absolute atomic E-state index is 12.0. The highest BCUT2D eigenvalue weighted by Gasteiger charge is 2.26. The summed E-state index contributed by atoms with van der Waals surface area (Å²) in [5, 5.41) is 2.63. The van der Waals surface area contributed by atoms with Gasteiger partial charge in [0.15, 0.2) is 0 Å². The van der Waals surface area contributed by atoms with Crippen LogP contribution in [0, 0.1) is 0 Å². The van der Waals surface area contributed by atoms with Crippen LogP contribution in [0.4, 0.5) is 5.82 Å². The van der Waals surface area contributed by atoms with Crippen LogP contribution in [0.2, 0.25) is 0 Å². The van der Waals surface area contributed by atoms with Crippen molar-refractivity contribution in [3.8, 4) is 0 Å². The van der Waals surface area contributed by atoms with Crippen LogP contribution in [0.15, 0.2) is 24.4 Å². The third-order valence-electron chi connectivity index (χ3n) is 3.15. The van der Waals surface area contributed by atoms with Crippen molar-refractivity contribution < 1.29 is 9.59 Å². The summed E-state index contributed by atoms with van der Waals surface area (Å²) in [6, 6.07) is 5.74. The van der Waals surface area contributed by atoms with E-state index in [1.165, 1.54) is 0 Å². The fraction of sp³-hybridized carbons (Fsp3) is 0.500. The smallest absolute Gasteiger partial charge is 0.312 e. The molecule has 1 aliphatic rings. The normalized spacial score (nSPS) is 15.3. The van der Waals surface area contributed by atoms with Crippen LogP contribution in [0.1, 0.15) is 13.8 Å². The quantitative estimate of drug-likeness (QED) is 0.787. The maximum atomic E-state index is 12.0. The molecule has 0 unspecified atom stereocenters.